The largest absolute Gasteiger partial charge is 0.508 e. The Morgan fingerprint density at radius 3 is 2.47 bits per heavy atom. The number of phenolic OH excluding ortho intramolecular Hbond substituents is 1. The number of rotatable bonds is 9. The lowest BCUT2D eigenvalue weighted by Gasteiger charge is -2.28. The van der Waals surface area contributed by atoms with Gasteiger partial charge in [-0.3, -0.25) is 5.32 Å². The summed E-state index contributed by atoms with van der Waals surface area (Å²) in [5.74, 6) is 0.511. The zero-order chi connectivity index (χ0) is 22.9. The minimum Gasteiger partial charge on any atom is -0.508 e. The van der Waals surface area contributed by atoms with Crippen molar-refractivity contribution in [2.45, 2.75) is 23.5 Å². The highest BCUT2D eigenvalue weighted by Gasteiger charge is 2.31. The number of amides is 1. The number of phenols is 1. The molecule has 0 fully saturated rings. The van der Waals surface area contributed by atoms with Crippen molar-refractivity contribution in [1.82, 2.24) is 0 Å². The van der Waals surface area contributed by atoms with Crippen molar-refractivity contribution in [2.75, 3.05) is 18.2 Å². The van der Waals surface area contributed by atoms with Crippen molar-refractivity contribution < 1.29 is 24.5 Å². The fraction of sp³-hybridized carbons (Fsp3) is 0.208. The van der Waals surface area contributed by atoms with Crippen LogP contribution in [0.1, 0.15) is 18.1 Å². The van der Waals surface area contributed by atoms with E-state index >= 15 is 0 Å². The van der Waals surface area contributed by atoms with Gasteiger partial charge in [-0.15, -0.1) is 11.8 Å². The molecular weight excluding hydrogens is 494 g/mol. The van der Waals surface area contributed by atoms with Gasteiger partial charge in [0.05, 0.1) is 0 Å². The molecule has 0 heterocycles. The third kappa shape index (κ3) is 6.66. The Kier molecular flexibility index (Phi) is 8.84. The molecule has 32 heavy (non-hydrogen) atoms. The maximum absolute atomic E-state index is 12.8. The smallest absolute Gasteiger partial charge is 0.412 e. The molecule has 8 heteroatoms. The van der Waals surface area contributed by atoms with Crippen LogP contribution in [-0.4, -0.2) is 35.3 Å². The van der Waals surface area contributed by atoms with Crippen molar-refractivity contribution in [2.24, 2.45) is 0 Å². The van der Waals surface area contributed by atoms with Crippen molar-refractivity contribution in [3.8, 4) is 11.5 Å². The number of aromatic hydroxyl groups is 1. The second-order valence-electron chi connectivity index (χ2n) is 6.86. The highest BCUT2D eigenvalue weighted by atomic mass is 79.9. The Labute approximate surface area is 199 Å². The van der Waals surface area contributed by atoms with E-state index in [2.05, 4.69) is 21.2 Å². The first-order valence-electron chi connectivity index (χ1n) is 9.93. The summed E-state index contributed by atoms with van der Waals surface area (Å²) in [5, 5.41) is 22.8. The lowest BCUT2D eigenvalue weighted by molar-refractivity contribution is 0.00797. The van der Waals surface area contributed by atoms with Crippen LogP contribution in [0, 0.1) is 0 Å². The standard InChI is InChI=1S/C24H24BrNO5S/c1-32-19-10-8-17(9-11-19)26-24(29)31-23(20-15-16(25)7-12-21(20)28)22(13-14-27)30-18-5-3-2-4-6-18/h2-12,15,22-23,27-28H,13-14H2,1H3,(H,26,29)/t22-,23-/m1/s1. The summed E-state index contributed by atoms with van der Waals surface area (Å²) in [7, 11) is 0. The predicted molar refractivity (Wildman–Crippen MR) is 129 cm³/mol. The molecule has 0 saturated carbocycles. The number of aliphatic hydroxyl groups excluding tert-OH is 1. The van der Waals surface area contributed by atoms with Gasteiger partial charge in [0.1, 0.15) is 17.6 Å². The van der Waals surface area contributed by atoms with E-state index in [0.717, 1.165) is 4.90 Å². The van der Waals surface area contributed by atoms with Crippen LogP contribution in [0.15, 0.2) is 82.2 Å². The molecule has 3 aromatic carbocycles. The average Bonchev–Trinajstić information content (AvgIpc) is 2.80. The number of halogens is 1. The van der Waals surface area contributed by atoms with E-state index in [4.69, 9.17) is 9.47 Å². The number of hydrogen-bond acceptors (Lipinski definition) is 6. The quantitative estimate of drug-likeness (QED) is 0.302. The van der Waals surface area contributed by atoms with Gasteiger partial charge in [-0.25, -0.2) is 4.79 Å². The van der Waals surface area contributed by atoms with Crippen molar-refractivity contribution in [3.05, 3.63) is 82.8 Å². The molecule has 0 aliphatic carbocycles. The van der Waals surface area contributed by atoms with Gasteiger partial charge in [0, 0.05) is 33.6 Å². The fourth-order valence-electron chi connectivity index (χ4n) is 3.10. The first kappa shape index (κ1) is 24.0. The summed E-state index contributed by atoms with van der Waals surface area (Å²) in [6, 6.07) is 21.3. The van der Waals surface area contributed by atoms with Crippen LogP contribution < -0.4 is 10.1 Å². The number of ether oxygens (including phenoxy) is 2. The Morgan fingerprint density at radius 2 is 1.81 bits per heavy atom. The SMILES string of the molecule is CSc1ccc(NC(=O)O[C@H](c2cc(Br)ccc2O)[C@@H](CCO)Oc2ccccc2)cc1. The molecule has 3 rings (SSSR count). The highest BCUT2D eigenvalue weighted by Crippen LogP contribution is 2.35. The van der Waals surface area contributed by atoms with Gasteiger partial charge >= 0.3 is 6.09 Å². The third-order valence-electron chi connectivity index (χ3n) is 4.65. The van der Waals surface area contributed by atoms with Gasteiger partial charge in [-0.05, 0) is 60.9 Å². The van der Waals surface area contributed by atoms with Crippen LogP contribution in [0.25, 0.3) is 0 Å². The molecule has 0 radical (unpaired) electrons. The minimum absolute atomic E-state index is 0.0464. The fourth-order valence-corrected chi connectivity index (χ4v) is 3.89. The van der Waals surface area contributed by atoms with E-state index < -0.39 is 18.3 Å². The van der Waals surface area contributed by atoms with Gasteiger partial charge in [0.2, 0.25) is 0 Å². The van der Waals surface area contributed by atoms with Crippen molar-refractivity contribution in [3.63, 3.8) is 0 Å². The average molecular weight is 518 g/mol. The first-order chi connectivity index (χ1) is 15.5. The van der Waals surface area contributed by atoms with E-state index in [0.29, 0.717) is 21.5 Å². The zero-order valence-corrected chi connectivity index (χ0v) is 19.8. The maximum Gasteiger partial charge on any atom is 0.412 e. The number of carbonyl (C=O) groups is 1. The van der Waals surface area contributed by atoms with Crippen LogP contribution >= 0.6 is 27.7 Å². The molecule has 3 aromatic rings. The van der Waals surface area contributed by atoms with Crippen LogP contribution in [0.4, 0.5) is 10.5 Å². The molecule has 3 N–H and O–H groups in total. The molecule has 0 saturated heterocycles. The van der Waals surface area contributed by atoms with E-state index in [9.17, 15) is 15.0 Å². The molecule has 0 aromatic heterocycles. The van der Waals surface area contributed by atoms with E-state index in [1.54, 1.807) is 48.2 Å². The number of hydrogen-bond donors (Lipinski definition) is 3. The number of nitrogens with one attached hydrogen (secondary N) is 1. The number of carbonyl (C=O) groups excluding carboxylic acids is 1. The summed E-state index contributed by atoms with van der Waals surface area (Å²) in [6.07, 6.45) is -0.274. The second kappa shape index (κ2) is 11.8. The van der Waals surface area contributed by atoms with Gasteiger partial charge in [0.15, 0.2) is 6.10 Å². The van der Waals surface area contributed by atoms with Crippen molar-refractivity contribution >= 4 is 39.5 Å². The number of para-hydroxylation sites is 1. The van der Waals surface area contributed by atoms with E-state index in [1.807, 2.05) is 36.6 Å². The summed E-state index contributed by atoms with van der Waals surface area (Å²) in [6.45, 7) is -0.191. The molecule has 168 valence electrons. The molecule has 0 aliphatic heterocycles. The third-order valence-corrected chi connectivity index (χ3v) is 5.89. The Balaban J connectivity index is 1.87. The summed E-state index contributed by atoms with van der Waals surface area (Å²) < 4.78 is 12.5. The Morgan fingerprint density at radius 1 is 1.09 bits per heavy atom. The van der Waals surface area contributed by atoms with Crippen molar-refractivity contribution in [1.29, 1.82) is 0 Å². The Hall–Kier alpha value is -2.68. The lowest BCUT2D eigenvalue weighted by atomic mass is 10.0. The first-order valence-corrected chi connectivity index (χ1v) is 11.9. The number of aliphatic hydroxyl groups is 1. The van der Waals surface area contributed by atoms with Crippen LogP contribution in [0.3, 0.4) is 0 Å². The van der Waals surface area contributed by atoms with E-state index in [-0.39, 0.29) is 18.8 Å². The van der Waals surface area contributed by atoms with Gasteiger partial charge in [-0.1, -0.05) is 34.1 Å². The summed E-state index contributed by atoms with van der Waals surface area (Å²) in [4.78, 5) is 13.8. The monoisotopic (exact) mass is 517 g/mol. The molecule has 2 atom stereocenters. The van der Waals surface area contributed by atoms with E-state index in [1.165, 1.54) is 6.07 Å². The zero-order valence-electron chi connectivity index (χ0n) is 17.4. The van der Waals surface area contributed by atoms with Crippen LogP contribution in [-0.2, 0) is 4.74 Å². The molecule has 0 spiro atoms. The highest BCUT2D eigenvalue weighted by molar-refractivity contribution is 9.10. The minimum atomic E-state index is -0.981. The Bertz CT molecular complexity index is 1020. The molecule has 0 aliphatic rings. The van der Waals surface area contributed by atoms with Gasteiger partial charge in [0.25, 0.3) is 0 Å². The topological polar surface area (TPSA) is 88.0 Å². The second-order valence-corrected chi connectivity index (χ2v) is 8.66. The molecular formula is C24H24BrNO5S. The number of thioether (sulfide) groups is 1. The number of anilines is 1. The molecule has 6 nitrogen and oxygen atoms in total. The summed E-state index contributed by atoms with van der Waals surface area (Å²) >= 11 is 4.99. The summed E-state index contributed by atoms with van der Waals surface area (Å²) in [5.41, 5.74) is 0.939. The predicted octanol–water partition coefficient (Wildman–Crippen LogP) is 6.00. The normalized spacial score (nSPS) is 12.6. The van der Waals surface area contributed by atoms with Crippen LogP contribution in [0.2, 0.25) is 0 Å². The lowest BCUT2D eigenvalue weighted by Crippen LogP contribution is -2.32. The molecule has 1 amide bonds. The van der Waals surface area contributed by atoms with Gasteiger partial charge < -0.3 is 19.7 Å². The number of benzene rings is 3. The van der Waals surface area contributed by atoms with Crippen LogP contribution in [0.5, 0.6) is 11.5 Å². The molecule has 0 bridgehead atoms. The maximum atomic E-state index is 12.8. The molecule has 0 unspecified atom stereocenters. The van der Waals surface area contributed by atoms with Gasteiger partial charge in [-0.2, -0.15) is 0 Å².